The highest BCUT2D eigenvalue weighted by molar-refractivity contribution is 6.07. The zero-order valence-electron chi connectivity index (χ0n) is 12.5. The second-order valence-electron chi connectivity index (χ2n) is 5.76. The van der Waals surface area contributed by atoms with Crippen molar-refractivity contribution in [2.45, 2.75) is 31.9 Å². The minimum absolute atomic E-state index is 0.210. The summed E-state index contributed by atoms with van der Waals surface area (Å²) in [5.41, 5.74) is -1.97. The average Bonchev–Trinajstić information content (AvgIpc) is 2.71. The Hall–Kier alpha value is -2.71. The highest BCUT2D eigenvalue weighted by atomic mass is 16.6. The molecule has 1 fully saturated rings. The highest BCUT2D eigenvalue weighted by Crippen LogP contribution is 2.22. The maximum Gasteiger partial charge on any atom is 0.407 e. The summed E-state index contributed by atoms with van der Waals surface area (Å²) < 4.78 is 5.11. The minimum atomic E-state index is -1.51. The summed E-state index contributed by atoms with van der Waals surface area (Å²) in [5.74, 6) is -0.617. The van der Waals surface area contributed by atoms with E-state index in [0.29, 0.717) is 0 Å². The fourth-order valence-electron chi connectivity index (χ4n) is 1.93. The van der Waals surface area contributed by atoms with Gasteiger partial charge in [0.2, 0.25) is 0 Å². The minimum Gasteiger partial charge on any atom is -0.444 e. The van der Waals surface area contributed by atoms with Gasteiger partial charge < -0.3 is 15.4 Å². The van der Waals surface area contributed by atoms with Crippen LogP contribution < -0.4 is 16.0 Å². The molecule has 4 amide bonds. The Morgan fingerprint density at radius 1 is 1.36 bits per heavy atom. The summed E-state index contributed by atoms with van der Waals surface area (Å²) in [6.45, 7) is 4.94. The van der Waals surface area contributed by atoms with Crippen LogP contribution in [0.1, 0.15) is 26.5 Å². The lowest BCUT2D eigenvalue weighted by molar-refractivity contribution is -0.124. The maximum absolute atomic E-state index is 12.2. The third-order valence-electron chi connectivity index (χ3n) is 2.84. The number of carbonyl (C=O) groups is 3. The lowest BCUT2D eigenvalue weighted by Crippen LogP contribution is -2.53. The van der Waals surface area contributed by atoms with Gasteiger partial charge in [0.1, 0.15) is 5.60 Å². The highest BCUT2D eigenvalue weighted by Gasteiger charge is 2.49. The molecule has 1 aromatic heterocycles. The maximum atomic E-state index is 12.2. The van der Waals surface area contributed by atoms with Gasteiger partial charge >= 0.3 is 12.1 Å². The van der Waals surface area contributed by atoms with Gasteiger partial charge in [-0.05, 0) is 20.8 Å². The zero-order chi connectivity index (χ0) is 16.4. The molecule has 2 heterocycles. The van der Waals surface area contributed by atoms with Crippen molar-refractivity contribution in [3.63, 3.8) is 0 Å². The Kier molecular flexibility index (Phi) is 3.98. The number of rotatable bonds is 3. The monoisotopic (exact) mass is 307 g/mol. The predicted octanol–water partition coefficient (Wildman–Crippen LogP) is 0.0360. The molecule has 118 valence electrons. The summed E-state index contributed by atoms with van der Waals surface area (Å²) in [6, 6.07) is -0.665. The van der Waals surface area contributed by atoms with E-state index in [9.17, 15) is 14.4 Å². The third kappa shape index (κ3) is 3.30. The predicted molar refractivity (Wildman–Crippen MR) is 74.6 cm³/mol. The Bertz CT molecular complexity index is 598. The number of ether oxygens (including phenoxy) is 1. The number of carbonyl (C=O) groups excluding carboxylic acids is 3. The summed E-state index contributed by atoms with van der Waals surface area (Å²) in [7, 11) is 0. The van der Waals surface area contributed by atoms with Gasteiger partial charge in [-0.2, -0.15) is 0 Å². The Labute approximate surface area is 126 Å². The number of imide groups is 1. The van der Waals surface area contributed by atoms with E-state index in [0.717, 1.165) is 0 Å². The SMILES string of the molecule is CC(C)(C)OC(=O)NC[C@]1(c2cnccn2)NC(=O)NC1=O. The molecule has 9 nitrogen and oxygen atoms in total. The first-order valence-corrected chi connectivity index (χ1v) is 6.60. The van der Waals surface area contributed by atoms with Crippen LogP contribution in [0.5, 0.6) is 0 Å². The number of nitrogens with one attached hydrogen (secondary N) is 3. The largest absolute Gasteiger partial charge is 0.444 e. The number of urea groups is 1. The van der Waals surface area contributed by atoms with E-state index < -0.39 is 29.2 Å². The topological polar surface area (TPSA) is 122 Å². The lowest BCUT2D eigenvalue weighted by atomic mass is 9.95. The zero-order valence-corrected chi connectivity index (χ0v) is 12.5. The molecule has 0 unspecified atom stereocenters. The van der Waals surface area contributed by atoms with Gasteiger partial charge in [0.05, 0.1) is 18.4 Å². The second kappa shape index (κ2) is 5.58. The van der Waals surface area contributed by atoms with Gasteiger partial charge in [-0.1, -0.05) is 0 Å². The van der Waals surface area contributed by atoms with Crippen molar-refractivity contribution in [1.29, 1.82) is 0 Å². The van der Waals surface area contributed by atoms with E-state index in [1.165, 1.54) is 18.6 Å². The lowest BCUT2D eigenvalue weighted by Gasteiger charge is -2.26. The number of nitrogens with zero attached hydrogens (tertiary/aromatic N) is 2. The van der Waals surface area contributed by atoms with Crippen molar-refractivity contribution in [3.05, 3.63) is 24.3 Å². The van der Waals surface area contributed by atoms with Gasteiger partial charge in [-0.25, -0.2) is 9.59 Å². The first-order valence-electron chi connectivity index (χ1n) is 6.60. The van der Waals surface area contributed by atoms with Crippen LogP contribution in [-0.4, -0.2) is 40.1 Å². The molecule has 9 heteroatoms. The number of alkyl carbamates (subject to hydrolysis) is 1. The molecule has 1 aromatic rings. The quantitative estimate of drug-likeness (QED) is 0.677. The standard InChI is InChI=1S/C13H17N5O4/c1-12(2,3)22-11(21)16-7-13(8-6-14-4-5-15-8)9(19)17-10(20)18-13/h4-6H,7H2,1-3H3,(H,16,21)(H2,17,18,19,20)/t13-/m1/s1. The van der Waals surface area contributed by atoms with E-state index in [2.05, 4.69) is 25.9 Å². The Morgan fingerprint density at radius 2 is 2.09 bits per heavy atom. The van der Waals surface area contributed by atoms with Crippen molar-refractivity contribution >= 4 is 18.0 Å². The molecule has 1 aliphatic heterocycles. The van der Waals surface area contributed by atoms with Crippen LogP contribution in [0, 0.1) is 0 Å². The fraction of sp³-hybridized carbons (Fsp3) is 0.462. The van der Waals surface area contributed by atoms with E-state index in [1.807, 2.05) is 0 Å². The number of hydrogen-bond donors (Lipinski definition) is 3. The van der Waals surface area contributed by atoms with Gasteiger partial charge in [0.25, 0.3) is 5.91 Å². The average molecular weight is 307 g/mol. The van der Waals surface area contributed by atoms with Crippen LogP contribution in [0.25, 0.3) is 0 Å². The van der Waals surface area contributed by atoms with Crippen LogP contribution in [0.2, 0.25) is 0 Å². The Morgan fingerprint density at radius 3 is 2.59 bits per heavy atom. The van der Waals surface area contributed by atoms with Crippen LogP contribution in [0.15, 0.2) is 18.6 Å². The van der Waals surface area contributed by atoms with Gasteiger partial charge in [-0.3, -0.25) is 20.1 Å². The summed E-state index contributed by atoms with van der Waals surface area (Å²) >= 11 is 0. The number of aromatic nitrogens is 2. The number of amides is 4. The molecule has 22 heavy (non-hydrogen) atoms. The van der Waals surface area contributed by atoms with Crippen LogP contribution in [0.3, 0.4) is 0 Å². The summed E-state index contributed by atoms with van der Waals surface area (Å²) in [4.78, 5) is 43.3. The molecule has 0 spiro atoms. The molecule has 0 aromatic carbocycles. The molecule has 1 aliphatic rings. The van der Waals surface area contributed by atoms with Crippen LogP contribution >= 0.6 is 0 Å². The van der Waals surface area contributed by atoms with Crippen molar-refractivity contribution in [3.8, 4) is 0 Å². The first kappa shape index (κ1) is 15.7. The molecule has 2 rings (SSSR count). The van der Waals surface area contributed by atoms with Gasteiger partial charge in [0.15, 0.2) is 5.54 Å². The van der Waals surface area contributed by atoms with Crippen molar-refractivity contribution < 1.29 is 19.1 Å². The molecule has 1 atom stereocenters. The molecule has 0 saturated carbocycles. The molecule has 3 N–H and O–H groups in total. The van der Waals surface area contributed by atoms with Crippen molar-refractivity contribution in [2.24, 2.45) is 0 Å². The Balaban J connectivity index is 2.19. The summed E-state index contributed by atoms with van der Waals surface area (Å²) in [6.07, 6.45) is 3.47. The smallest absolute Gasteiger partial charge is 0.407 e. The molecule has 0 radical (unpaired) electrons. The second-order valence-corrected chi connectivity index (χ2v) is 5.76. The number of hydrogen-bond acceptors (Lipinski definition) is 6. The molecular formula is C13H17N5O4. The third-order valence-corrected chi connectivity index (χ3v) is 2.84. The van der Waals surface area contributed by atoms with Crippen molar-refractivity contribution in [1.82, 2.24) is 25.9 Å². The van der Waals surface area contributed by atoms with E-state index in [-0.39, 0.29) is 12.2 Å². The first-order chi connectivity index (χ1) is 10.2. The fourth-order valence-corrected chi connectivity index (χ4v) is 1.93. The molecule has 1 saturated heterocycles. The van der Waals surface area contributed by atoms with Crippen LogP contribution in [0.4, 0.5) is 9.59 Å². The van der Waals surface area contributed by atoms with E-state index in [1.54, 1.807) is 20.8 Å². The van der Waals surface area contributed by atoms with Crippen LogP contribution in [-0.2, 0) is 15.1 Å². The van der Waals surface area contributed by atoms with Gasteiger partial charge in [0, 0.05) is 12.4 Å². The van der Waals surface area contributed by atoms with E-state index in [4.69, 9.17) is 4.74 Å². The molecule has 0 aliphatic carbocycles. The van der Waals surface area contributed by atoms with Crippen molar-refractivity contribution in [2.75, 3.05) is 6.54 Å². The molecule has 0 bridgehead atoms. The summed E-state index contributed by atoms with van der Waals surface area (Å²) in [5, 5.41) is 7.08. The normalized spacial score (nSPS) is 21.0. The van der Waals surface area contributed by atoms with E-state index >= 15 is 0 Å². The van der Waals surface area contributed by atoms with Gasteiger partial charge in [-0.15, -0.1) is 0 Å². The molecular weight excluding hydrogens is 290 g/mol.